The number of aromatic amines is 1. The van der Waals surface area contributed by atoms with Crippen LogP contribution in [0.2, 0.25) is 0 Å². The lowest BCUT2D eigenvalue weighted by Crippen LogP contribution is -2.43. The summed E-state index contributed by atoms with van der Waals surface area (Å²) in [6.07, 6.45) is 3.49. The van der Waals surface area contributed by atoms with E-state index in [0.29, 0.717) is 23.9 Å². The highest BCUT2D eigenvalue weighted by Crippen LogP contribution is 2.26. The number of hydrogen-bond acceptors (Lipinski definition) is 5. The second-order valence-electron chi connectivity index (χ2n) is 8.23. The van der Waals surface area contributed by atoms with Crippen molar-refractivity contribution in [3.05, 3.63) is 64.3 Å². The Hall–Kier alpha value is -3.88. The zero-order chi connectivity index (χ0) is 23.4. The maximum Gasteiger partial charge on any atom is 0.293 e. The van der Waals surface area contributed by atoms with Crippen LogP contribution in [0.25, 0.3) is 10.9 Å². The number of nitro groups is 1. The molecule has 0 bridgehead atoms. The fraction of sp³-hybridized carbons (Fsp3) is 0.333. The van der Waals surface area contributed by atoms with Gasteiger partial charge in [-0.15, -0.1) is 0 Å². The van der Waals surface area contributed by atoms with Gasteiger partial charge in [0, 0.05) is 35.9 Å². The highest BCUT2D eigenvalue weighted by molar-refractivity contribution is 6.03. The standard InChI is InChI=1S/C24H27N5O4/c1-2-7-19(23(30)25-17-9-6-10-18(15-17)28-12-3-4-13-28)27-24(31)20-14-16-8-5-11-21(29(32)33)22(16)26-20/h5-6,8-11,14-15,19,26H,2-4,7,12-13H2,1H3,(H,25,30)(H,27,31). The summed E-state index contributed by atoms with van der Waals surface area (Å²) < 4.78 is 0. The van der Waals surface area contributed by atoms with Crippen LogP contribution in [-0.4, -0.2) is 40.9 Å². The number of anilines is 2. The molecule has 0 radical (unpaired) electrons. The van der Waals surface area contributed by atoms with E-state index in [9.17, 15) is 19.7 Å². The number of nitrogens with zero attached hydrogens (tertiary/aromatic N) is 2. The number of benzene rings is 2. The van der Waals surface area contributed by atoms with E-state index in [4.69, 9.17) is 0 Å². The maximum absolute atomic E-state index is 13.0. The third kappa shape index (κ3) is 4.97. The van der Waals surface area contributed by atoms with Crippen molar-refractivity contribution >= 4 is 39.8 Å². The van der Waals surface area contributed by atoms with Crippen LogP contribution in [0.4, 0.5) is 17.1 Å². The van der Waals surface area contributed by atoms with Gasteiger partial charge in [-0.25, -0.2) is 0 Å². The van der Waals surface area contributed by atoms with E-state index in [0.717, 1.165) is 31.6 Å². The van der Waals surface area contributed by atoms with Crippen molar-refractivity contribution in [3.8, 4) is 0 Å². The lowest BCUT2D eigenvalue weighted by molar-refractivity contribution is -0.383. The first-order valence-electron chi connectivity index (χ1n) is 11.2. The first-order valence-corrected chi connectivity index (χ1v) is 11.2. The van der Waals surface area contributed by atoms with Gasteiger partial charge in [0.25, 0.3) is 11.6 Å². The Bertz CT molecular complexity index is 1180. The Morgan fingerprint density at radius 3 is 2.64 bits per heavy atom. The minimum Gasteiger partial charge on any atom is -0.371 e. The Morgan fingerprint density at radius 2 is 1.91 bits per heavy atom. The summed E-state index contributed by atoms with van der Waals surface area (Å²) in [6.45, 7) is 3.95. The fourth-order valence-corrected chi connectivity index (χ4v) is 4.19. The van der Waals surface area contributed by atoms with Gasteiger partial charge in [0.05, 0.1) is 4.92 Å². The number of aromatic nitrogens is 1. The molecule has 172 valence electrons. The number of carbonyl (C=O) groups is 2. The number of para-hydroxylation sites is 1. The van der Waals surface area contributed by atoms with E-state index in [2.05, 4.69) is 20.5 Å². The molecular weight excluding hydrogens is 422 g/mol. The lowest BCUT2D eigenvalue weighted by atomic mass is 10.1. The molecule has 2 amide bonds. The van der Waals surface area contributed by atoms with Crippen LogP contribution in [0.1, 0.15) is 43.1 Å². The minimum absolute atomic E-state index is 0.104. The summed E-state index contributed by atoms with van der Waals surface area (Å²) >= 11 is 0. The van der Waals surface area contributed by atoms with Gasteiger partial charge in [-0.1, -0.05) is 31.5 Å². The van der Waals surface area contributed by atoms with Gasteiger partial charge in [-0.2, -0.15) is 0 Å². The smallest absolute Gasteiger partial charge is 0.293 e. The summed E-state index contributed by atoms with van der Waals surface area (Å²) in [6, 6.07) is 13.2. The van der Waals surface area contributed by atoms with Crippen molar-refractivity contribution in [2.24, 2.45) is 0 Å². The quantitative estimate of drug-likeness (QED) is 0.351. The van der Waals surface area contributed by atoms with Crippen LogP contribution in [0.5, 0.6) is 0 Å². The highest BCUT2D eigenvalue weighted by Gasteiger charge is 2.23. The van der Waals surface area contributed by atoms with Gasteiger partial charge < -0.3 is 20.5 Å². The molecular formula is C24H27N5O4. The number of nitro benzene ring substituents is 1. The monoisotopic (exact) mass is 449 g/mol. The SMILES string of the molecule is CCCC(NC(=O)c1cc2cccc([N+](=O)[O-])c2[nH]1)C(=O)Nc1cccc(N2CCCC2)c1. The van der Waals surface area contributed by atoms with Gasteiger partial charge >= 0.3 is 0 Å². The predicted molar refractivity (Wildman–Crippen MR) is 128 cm³/mol. The fourth-order valence-electron chi connectivity index (χ4n) is 4.19. The second-order valence-corrected chi connectivity index (χ2v) is 8.23. The third-order valence-electron chi connectivity index (χ3n) is 5.86. The van der Waals surface area contributed by atoms with Gasteiger partial charge in [0.2, 0.25) is 5.91 Å². The molecule has 2 heterocycles. The topological polar surface area (TPSA) is 120 Å². The van der Waals surface area contributed by atoms with Crippen LogP contribution in [0, 0.1) is 10.1 Å². The van der Waals surface area contributed by atoms with Gasteiger partial charge in [0.15, 0.2) is 0 Å². The van der Waals surface area contributed by atoms with Crippen molar-refractivity contribution in [3.63, 3.8) is 0 Å². The molecule has 1 aliphatic rings. The molecule has 1 aromatic heterocycles. The van der Waals surface area contributed by atoms with Crippen LogP contribution in [-0.2, 0) is 4.79 Å². The Labute approximate surface area is 191 Å². The van der Waals surface area contributed by atoms with E-state index in [1.807, 2.05) is 31.2 Å². The summed E-state index contributed by atoms with van der Waals surface area (Å²) in [5.41, 5.74) is 2.10. The first-order chi connectivity index (χ1) is 16.0. The third-order valence-corrected chi connectivity index (χ3v) is 5.86. The molecule has 4 rings (SSSR count). The van der Waals surface area contributed by atoms with Crippen molar-refractivity contribution in [2.75, 3.05) is 23.3 Å². The molecule has 33 heavy (non-hydrogen) atoms. The van der Waals surface area contributed by atoms with Gasteiger partial charge in [-0.05, 0) is 43.5 Å². The number of H-pyrrole nitrogens is 1. The molecule has 1 saturated heterocycles. The van der Waals surface area contributed by atoms with Crippen LogP contribution in [0.3, 0.4) is 0 Å². The molecule has 1 fully saturated rings. The normalized spacial score (nSPS) is 14.3. The first kappa shape index (κ1) is 22.3. The van der Waals surface area contributed by atoms with Gasteiger partial charge in [-0.3, -0.25) is 19.7 Å². The summed E-state index contributed by atoms with van der Waals surface area (Å²) in [5, 5.41) is 17.5. The van der Waals surface area contributed by atoms with E-state index in [1.165, 1.54) is 6.07 Å². The van der Waals surface area contributed by atoms with Crippen molar-refractivity contribution in [1.82, 2.24) is 10.3 Å². The van der Waals surface area contributed by atoms with Crippen molar-refractivity contribution < 1.29 is 14.5 Å². The summed E-state index contributed by atoms with van der Waals surface area (Å²) in [7, 11) is 0. The highest BCUT2D eigenvalue weighted by atomic mass is 16.6. The summed E-state index contributed by atoms with van der Waals surface area (Å²) in [5.74, 6) is -0.786. The molecule has 1 aliphatic heterocycles. The molecule has 0 spiro atoms. The Kier molecular flexibility index (Phi) is 6.58. The predicted octanol–water partition coefficient (Wildman–Crippen LogP) is 4.21. The van der Waals surface area contributed by atoms with E-state index < -0.39 is 16.9 Å². The number of hydrogen-bond donors (Lipinski definition) is 3. The average Bonchev–Trinajstić information content (AvgIpc) is 3.48. The summed E-state index contributed by atoms with van der Waals surface area (Å²) in [4.78, 5) is 41.7. The second kappa shape index (κ2) is 9.72. The lowest BCUT2D eigenvalue weighted by Gasteiger charge is -2.20. The molecule has 3 N–H and O–H groups in total. The van der Waals surface area contributed by atoms with E-state index in [-0.39, 0.29) is 22.8 Å². The number of rotatable bonds is 8. The maximum atomic E-state index is 13.0. The number of nitrogens with one attached hydrogen (secondary N) is 3. The van der Waals surface area contributed by atoms with Crippen LogP contribution in [0.15, 0.2) is 48.5 Å². The molecule has 3 aromatic rings. The molecule has 0 aliphatic carbocycles. The number of fused-ring (bicyclic) bond motifs is 1. The van der Waals surface area contributed by atoms with E-state index in [1.54, 1.807) is 18.2 Å². The van der Waals surface area contributed by atoms with Crippen LogP contribution < -0.4 is 15.5 Å². The molecule has 9 nitrogen and oxygen atoms in total. The zero-order valence-corrected chi connectivity index (χ0v) is 18.5. The molecule has 1 atom stereocenters. The van der Waals surface area contributed by atoms with Gasteiger partial charge in [0.1, 0.15) is 17.3 Å². The van der Waals surface area contributed by atoms with Crippen LogP contribution >= 0.6 is 0 Å². The number of non-ortho nitro benzene ring substituents is 1. The number of carbonyl (C=O) groups excluding carboxylic acids is 2. The van der Waals surface area contributed by atoms with Crippen molar-refractivity contribution in [2.45, 2.75) is 38.6 Å². The number of amides is 2. The largest absolute Gasteiger partial charge is 0.371 e. The molecule has 0 saturated carbocycles. The average molecular weight is 450 g/mol. The molecule has 2 aromatic carbocycles. The zero-order valence-electron chi connectivity index (χ0n) is 18.5. The Morgan fingerprint density at radius 1 is 1.15 bits per heavy atom. The van der Waals surface area contributed by atoms with Crippen molar-refractivity contribution in [1.29, 1.82) is 0 Å². The Balaban J connectivity index is 1.48. The molecule has 9 heteroatoms. The minimum atomic E-state index is -0.737. The molecule has 1 unspecified atom stereocenters. The van der Waals surface area contributed by atoms with E-state index >= 15 is 0 Å².